The average molecular weight is 260 g/mol. The van der Waals surface area contributed by atoms with Gasteiger partial charge in [-0.2, -0.15) is 0 Å². The van der Waals surface area contributed by atoms with Gasteiger partial charge in [0.05, 0.1) is 0 Å². The standard InChI is InChI=1S/Ba.Ni.2S/q2*+2;2*-2. The first kappa shape index (κ1) is 29.4. The minimum atomic E-state index is 0. The molecule has 0 nitrogen and oxygen atoms in total. The molecule has 0 unspecified atom stereocenters. The van der Waals surface area contributed by atoms with E-state index in [4.69, 9.17) is 0 Å². The summed E-state index contributed by atoms with van der Waals surface area (Å²) in [5.74, 6) is 0. The van der Waals surface area contributed by atoms with Crippen LogP contribution in [0.4, 0.5) is 0 Å². The van der Waals surface area contributed by atoms with E-state index in [1.54, 1.807) is 0 Å². The first-order chi connectivity index (χ1) is 0. The van der Waals surface area contributed by atoms with Crippen LogP contribution < -0.4 is 0 Å². The molecular weight excluding hydrogens is 260 g/mol. The molecule has 0 radical (unpaired) electrons. The number of rotatable bonds is 0. The van der Waals surface area contributed by atoms with Crippen LogP contribution in [0.5, 0.6) is 0 Å². The zero-order chi connectivity index (χ0) is 0. The summed E-state index contributed by atoms with van der Waals surface area (Å²) in [4.78, 5) is 0. The van der Waals surface area contributed by atoms with Crippen molar-refractivity contribution in [2.24, 2.45) is 0 Å². The normalized spacial score (nSPS) is 0. The summed E-state index contributed by atoms with van der Waals surface area (Å²) in [5, 5.41) is 0. The second-order valence-electron chi connectivity index (χ2n) is 0. The molecule has 0 heterocycles. The van der Waals surface area contributed by atoms with Crippen molar-refractivity contribution in [1.29, 1.82) is 0 Å². The Bertz CT molecular complexity index is 6.00. The summed E-state index contributed by atoms with van der Waals surface area (Å²) in [6, 6.07) is 0. The summed E-state index contributed by atoms with van der Waals surface area (Å²) in [6.45, 7) is 0. The average Bonchev–Trinajstić information content (AvgIpc) is 0. The van der Waals surface area contributed by atoms with Crippen molar-refractivity contribution < 1.29 is 16.5 Å². The number of hydrogen-bond donors (Lipinski definition) is 0. The van der Waals surface area contributed by atoms with Gasteiger partial charge in [0.25, 0.3) is 0 Å². The molecule has 0 fully saturated rings. The summed E-state index contributed by atoms with van der Waals surface area (Å²) in [6.07, 6.45) is 0. The molecule has 0 aliphatic heterocycles. The molecule has 0 aromatic carbocycles. The van der Waals surface area contributed by atoms with Gasteiger partial charge in [-0.05, 0) is 0 Å². The van der Waals surface area contributed by atoms with Crippen LogP contribution >= 0.6 is 0 Å². The fourth-order valence-corrected chi connectivity index (χ4v) is 0. The molecule has 0 aliphatic rings. The van der Waals surface area contributed by atoms with Gasteiger partial charge in [0, 0.05) is 0 Å². The predicted octanol–water partition coefficient (Wildman–Crippen LogP) is -0.388. The van der Waals surface area contributed by atoms with Crippen molar-refractivity contribution in [3.8, 4) is 0 Å². The fraction of sp³-hybridized carbons (Fsp3) is 0. The molecule has 0 aliphatic carbocycles. The Morgan fingerprint density at radius 3 is 0.750 bits per heavy atom. The molecule has 4 heteroatoms. The maximum atomic E-state index is 0. The first-order valence-electron chi connectivity index (χ1n) is 0. The Morgan fingerprint density at radius 1 is 0.750 bits per heavy atom. The Morgan fingerprint density at radius 2 is 0.750 bits per heavy atom. The van der Waals surface area contributed by atoms with E-state index in [1.807, 2.05) is 0 Å². The van der Waals surface area contributed by atoms with Crippen LogP contribution in [-0.4, -0.2) is 48.9 Å². The van der Waals surface area contributed by atoms with Gasteiger partial charge in [0.2, 0.25) is 0 Å². The van der Waals surface area contributed by atoms with Crippen LogP contribution in [-0.2, 0) is 43.5 Å². The molecule has 0 amide bonds. The maximum Gasteiger partial charge on any atom is 2.00 e. The van der Waals surface area contributed by atoms with Gasteiger partial charge in [-0.3, -0.25) is 0 Å². The van der Waals surface area contributed by atoms with Crippen LogP contribution in [0.25, 0.3) is 0 Å². The van der Waals surface area contributed by atoms with Crippen LogP contribution in [0.1, 0.15) is 0 Å². The van der Waals surface area contributed by atoms with E-state index in [1.165, 1.54) is 0 Å². The Balaban J connectivity index is 0. The largest absolute Gasteiger partial charge is 2.00 e. The van der Waals surface area contributed by atoms with E-state index in [0.29, 0.717) is 0 Å². The molecule has 0 saturated heterocycles. The molecule has 0 bridgehead atoms. The van der Waals surface area contributed by atoms with Gasteiger partial charge >= 0.3 is 65.4 Å². The first-order valence-corrected chi connectivity index (χ1v) is 0. The second kappa shape index (κ2) is 17.1. The van der Waals surface area contributed by atoms with Crippen molar-refractivity contribution in [2.75, 3.05) is 0 Å². The van der Waals surface area contributed by atoms with E-state index in [0.717, 1.165) is 0 Å². The van der Waals surface area contributed by atoms with E-state index < -0.39 is 0 Å². The van der Waals surface area contributed by atoms with Gasteiger partial charge < -0.3 is 27.0 Å². The molecular formula is BaNiS2. The van der Waals surface area contributed by atoms with Gasteiger partial charge in [0.1, 0.15) is 0 Å². The van der Waals surface area contributed by atoms with Gasteiger partial charge in [-0.25, -0.2) is 0 Å². The van der Waals surface area contributed by atoms with E-state index in [2.05, 4.69) is 0 Å². The van der Waals surface area contributed by atoms with Crippen LogP contribution in [0, 0.1) is 0 Å². The maximum absolute atomic E-state index is 0. The fourth-order valence-electron chi connectivity index (χ4n) is 0. The Labute approximate surface area is 90.4 Å². The van der Waals surface area contributed by atoms with Gasteiger partial charge in [0.15, 0.2) is 0 Å². The van der Waals surface area contributed by atoms with Gasteiger partial charge in [-0.15, -0.1) is 0 Å². The number of hydrogen-bond acceptors (Lipinski definition) is 0. The summed E-state index contributed by atoms with van der Waals surface area (Å²) in [5.41, 5.74) is 0. The predicted molar refractivity (Wildman–Crippen MR) is 20.5 cm³/mol. The van der Waals surface area contributed by atoms with Crippen molar-refractivity contribution in [3.05, 3.63) is 0 Å². The Hall–Kier alpha value is 2.76. The minimum absolute atomic E-state index is 0. The van der Waals surface area contributed by atoms with Crippen molar-refractivity contribution in [1.82, 2.24) is 0 Å². The molecule has 0 spiro atoms. The smallest absolute Gasteiger partial charge is 2.00 e. The third-order valence-corrected chi connectivity index (χ3v) is 0. The molecule has 0 rings (SSSR count). The van der Waals surface area contributed by atoms with E-state index in [9.17, 15) is 0 Å². The molecule has 0 N–H and O–H groups in total. The molecule has 0 aromatic heterocycles. The quantitative estimate of drug-likeness (QED) is 0.520. The molecule has 0 saturated carbocycles. The zero-order valence-electron chi connectivity index (χ0n) is 1.84. The summed E-state index contributed by atoms with van der Waals surface area (Å²) >= 11 is 0. The third-order valence-electron chi connectivity index (χ3n) is 0. The van der Waals surface area contributed by atoms with Crippen LogP contribution in [0.3, 0.4) is 0 Å². The van der Waals surface area contributed by atoms with Crippen LogP contribution in [0.2, 0.25) is 0 Å². The second-order valence-corrected chi connectivity index (χ2v) is 0. The SMILES string of the molecule is [Ba+2].[Ni+2].[S-2].[S-2]. The van der Waals surface area contributed by atoms with Crippen molar-refractivity contribution >= 4 is 75.9 Å². The van der Waals surface area contributed by atoms with Crippen molar-refractivity contribution in [3.63, 3.8) is 0 Å². The topological polar surface area (TPSA) is 0 Å². The molecule has 0 atom stereocenters. The minimum Gasteiger partial charge on any atom is -2.00 e. The zero-order valence-corrected chi connectivity index (χ0v) is 8.90. The van der Waals surface area contributed by atoms with Crippen molar-refractivity contribution in [2.45, 2.75) is 0 Å². The van der Waals surface area contributed by atoms with Crippen LogP contribution in [0.15, 0.2) is 0 Å². The summed E-state index contributed by atoms with van der Waals surface area (Å²) in [7, 11) is 0. The molecule has 24 valence electrons. The van der Waals surface area contributed by atoms with Gasteiger partial charge in [-0.1, -0.05) is 0 Å². The Kier molecular flexibility index (Phi) is 126. The van der Waals surface area contributed by atoms with E-state index in [-0.39, 0.29) is 92.4 Å². The molecule has 4 heavy (non-hydrogen) atoms. The monoisotopic (exact) mass is 260 g/mol. The third kappa shape index (κ3) is 8.83. The summed E-state index contributed by atoms with van der Waals surface area (Å²) < 4.78 is 0. The molecule has 0 aromatic rings. The van der Waals surface area contributed by atoms with E-state index >= 15 is 0 Å².